The maximum Gasteiger partial charge on any atom is 0.0474 e. The molecule has 0 N–H and O–H groups in total. The number of rotatable bonds is 6. The molecule has 0 unspecified atom stereocenters. The third-order valence-corrected chi connectivity index (χ3v) is 15.3. The van der Waals surface area contributed by atoms with Crippen molar-refractivity contribution in [2.75, 3.05) is 4.90 Å². The monoisotopic (exact) mass is 897 g/mol. The average Bonchev–Trinajstić information content (AvgIpc) is 3.44. The zero-order chi connectivity index (χ0) is 46.6. The molecule has 0 aliphatic heterocycles. The van der Waals surface area contributed by atoms with Crippen LogP contribution in [0, 0.1) is 0 Å². The van der Waals surface area contributed by atoms with Gasteiger partial charge in [-0.1, -0.05) is 218 Å². The summed E-state index contributed by atoms with van der Waals surface area (Å²) >= 11 is 0. The third-order valence-electron chi connectivity index (χ3n) is 15.3. The molecule has 0 fully saturated rings. The molecule has 0 radical (unpaired) electrons. The minimum Gasteiger partial charge on any atom is -0.310 e. The Kier molecular flexibility index (Phi) is 8.73. The highest BCUT2D eigenvalue weighted by molar-refractivity contribution is 6.37. The zero-order valence-corrected chi connectivity index (χ0v) is 38.8. The van der Waals surface area contributed by atoms with E-state index in [2.05, 4.69) is 266 Å². The fourth-order valence-corrected chi connectivity index (χ4v) is 12.0. The topological polar surface area (TPSA) is 3.24 Å². The number of hydrogen-bond donors (Lipinski definition) is 0. The van der Waals surface area contributed by atoms with Gasteiger partial charge >= 0.3 is 0 Å². The van der Waals surface area contributed by atoms with Gasteiger partial charge in [0.2, 0.25) is 0 Å². The van der Waals surface area contributed by atoms with Crippen LogP contribution in [0.25, 0.3) is 130 Å². The number of fused-ring (bicyclic) bond motifs is 6. The first-order valence-corrected chi connectivity index (χ1v) is 24.6. The molecular formula is C70H43N. The normalized spacial score (nSPS) is 11.9. The molecule has 0 spiro atoms. The quantitative estimate of drug-likeness (QED) is 0.150. The lowest BCUT2D eigenvalue weighted by Crippen LogP contribution is -2.10. The van der Waals surface area contributed by atoms with Crippen LogP contribution in [-0.2, 0) is 0 Å². The van der Waals surface area contributed by atoms with Gasteiger partial charge in [0.05, 0.1) is 0 Å². The lowest BCUT2D eigenvalue weighted by molar-refractivity contribution is 1.29. The molecule has 0 saturated heterocycles. The maximum absolute atomic E-state index is 2.46. The van der Waals surface area contributed by atoms with Crippen molar-refractivity contribution in [1.82, 2.24) is 0 Å². The van der Waals surface area contributed by atoms with Gasteiger partial charge in [0, 0.05) is 17.1 Å². The van der Waals surface area contributed by atoms with Crippen LogP contribution in [0.5, 0.6) is 0 Å². The van der Waals surface area contributed by atoms with Gasteiger partial charge in [-0.25, -0.2) is 0 Å². The smallest absolute Gasteiger partial charge is 0.0474 e. The summed E-state index contributed by atoms with van der Waals surface area (Å²) in [6.45, 7) is 0. The Morgan fingerprint density at radius 2 is 0.577 bits per heavy atom. The minimum atomic E-state index is 1.09. The van der Waals surface area contributed by atoms with E-state index in [-0.39, 0.29) is 0 Å². The lowest BCUT2D eigenvalue weighted by atomic mass is 9.87. The summed E-state index contributed by atoms with van der Waals surface area (Å²) < 4.78 is 0. The Bertz CT molecular complexity index is 4590. The van der Waals surface area contributed by atoms with Crippen LogP contribution in [0.3, 0.4) is 0 Å². The molecule has 0 saturated carbocycles. The highest BCUT2D eigenvalue weighted by Gasteiger charge is 2.20. The summed E-state index contributed by atoms with van der Waals surface area (Å²) in [7, 11) is 0. The maximum atomic E-state index is 2.46. The first kappa shape index (κ1) is 39.7. The van der Waals surface area contributed by atoms with Gasteiger partial charge in [-0.2, -0.15) is 0 Å². The predicted molar refractivity (Wildman–Crippen MR) is 306 cm³/mol. The van der Waals surface area contributed by atoms with Crippen molar-refractivity contribution >= 4 is 114 Å². The van der Waals surface area contributed by atoms with Crippen molar-refractivity contribution < 1.29 is 0 Å². The first-order chi connectivity index (χ1) is 35.2. The van der Waals surface area contributed by atoms with E-state index in [0.29, 0.717) is 0 Å². The Hall–Kier alpha value is -9.30. The molecule has 0 amide bonds. The molecule has 328 valence electrons. The lowest BCUT2D eigenvalue weighted by Gasteiger charge is -2.27. The third kappa shape index (κ3) is 6.27. The van der Waals surface area contributed by atoms with Gasteiger partial charge in [-0.15, -0.1) is 0 Å². The Morgan fingerprint density at radius 3 is 1.21 bits per heavy atom. The SMILES string of the molecule is c1ccc2c(-c3ccc(-c4ccc(N(c5ccc(-c6ccc7c(ccc8ccccc87)c6)cc5)c5cc6ccc7cccc8c9cccc%10ccc%11cccc(c(c5)c6c78)c%11c%109)cc4)cc3)cccc2c1. The van der Waals surface area contributed by atoms with Gasteiger partial charge in [0.25, 0.3) is 0 Å². The molecule has 15 aromatic carbocycles. The van der Waals surface area contributed by atoms with Crippen LogP contribution in [-0.4, -0.2) is 0 Å². The van der Waals surface area contributed by atoms with Gasteiger partial charge in [0.1, 0.15) is 0 Å². The predicted octanol–water partition coefficient (Wildman–Crippen LogP) is 20.0. The molecule has 0 aliphatic carbocycles. The van der Waals surface area contributed by atoms with E-state index < -0.39 is 0 Å². The van der Waals surface area contributed by atoms with E-state index in [1.165, 1.54) is 130 Å². The van der Waals surface area contributed by atoms with E-state index >= 15 is 0 Å². The molecule has 71 heavy (non-hydrogen) atoms. The molecular weight excluding hydrogens is 855 g/mol. The minimum absolute atomic E-state index is 1.09. The molecule has 0 atom stereocenters. The van der Waals surface area contributed by atoms with Crippen LogP contribution in [0.4, 0.5) is 17.1 Å². The fourth-order valence-electron chi connectivity index (χ4n) is 12.0. The number of nitrogens with zero attached hydrogens (tertiary/aromatic N) is 1. The average molecular weight is 898 g/mol. The van der Waals surface area contributed by atoms with Crippen molar-refractivity contribution in [2.45, 2.75) is 0 Å². The van der Waals surface area contributed by atoms with Crippen molar-refractivity contribution in [3.8, 4) is 33.4 Å². The summed E-state index contributed by atoms with van der Waals surface area (Å²) in [6, 6.07) is 97.1. The summed E-state index contributed by atoms with van der Waals surface area (Å²) in [4.78, 5) is 2.45. The number of hydrogen-bond acceptors (Lipinski definition) is 1. The molecule has 0 bridgehead atoms. The molecule has 1 heteroatoms. The summed E-state index contributed by atoms with van der Waals surface area (Å²) in [6.07, 6.45) is 0. The van der Waals surface area contributed by atoms with E-state index in [4.69, 9.17) is 0 Å². The highest BCUT2D eigenvalue weighted by Crippen LogP contribution is 2.47. The Morgan fingerprint density at radius 1 is 0.183 bits per heavy atom. The molecule has 0 aromatic heterocycles. The van der Waals surface area contributed by atoms with Crippen LogP contribution in [0.15, 0.2) is 261 Å². The number of benzene rings is 14. The van der Waals surface area contributed by atoms with Gasteiger partial charge in [-0.05, 0) is 173 Å². The van der Waals surface area contributed by atoms with E-state index in [0.717, 1.165) is 17.1 Å². The first-order valence-electron chi connectivity index (χ1n) is 24.6. The van der Waals surface area contributed by atoms with Gasteiger partial charge in [0.15, 0.2) is 0 Å². The second kappa shape index (κ2) is 15.6. The van der Waals surface area contributed by atoms with Crippen LogP contribution in [0.1, 0.15) is 0 Å². The molecule has 0 aliphatic rings. The second-order valence-corrected chi connectivity index (χ2v) is 19.2. The highest BCUT2D eigenvalue weighted by atomic mass is 15.1. The molecule has 1 nitrogen and oxygen atoms in total. The molecule has 15 aromatic rings. The van der Waals surface area contributed by atoms with Gasteiger partial charge < -0.3 is 4.90 Å². The Labute approximate surface area is 411 Å². The van der Waals surface area contributed by atoms with Crippen molar-refractivity contribution in [1.29, 1.82) is 0 Å². The van der Waals surface area contributed by atoms with E-state index in [1.807, 2.05) is 0 Å². The summed E-state index contributed by atoms with van der Waals surface area (Å²) in [5.74, 6) is 0. The van der Waals surface area contributed by atoms with E-state index in [1.54, 1.807) is 0 Å². The molecule has 15 rings (SSSR count). The van der Waals surface area contributed by atoms with Crippen LogP contribution >= 0.6 is 0 Å². The Balaban J connectivity index is 0.913. The number of anilines is 3. The van der Waals surface area contributed by atoms with Crippen molar-refractivity contribution in [2.24, 2.45) is 0 Å². The van der Waals surface area contributed by atoms with E-state index in [9.17, 15) is 0 Å². The van der Waals surface area contributed by atoms with Gasteiger partial charge in [-0.3, -0.25) is 0 Å². The van der Waals surface area contributed by atoms with Crippen molar-refractivity contribution in [3.63, 3.8) is 0 Å². The standard InChI is InChI=1S/C70H43N/c1-3-15-59-47(9-1)11-5-17-61(59)49-23-21-44(22-24-49)45-31-36-56(37-32-45)71(57-38-33-46(34-39-57)53-35-40-62-54(41-53)29-25-48-10-2-4-16-60(48)62)58-42-55-30-28-52-13-7-19-64-63-18-6-12-50-26-27-51-14-8-20-65(69(51)67(50)63)66(43-58)70(55)68(52)64/h1-43H. The summed E-state index contributed by atoms with van der Waals surface area (Å²) in [5.41, 5.74) is 10.5. The largest absolute Gasteiger partial charge is 0.310 e. The van der Waals surface area contributed by atoms with Crippen LogP contribution < -0.4 is 4.90 Å². The molecule has 0 heterocycles. The second-order valence-electron chi connectivity index (χ2n) is 19.2. The fraction of sp³-hybridized carbons (Fsp3) is 0. The van der Waals surface area contributed by atoms with Crippen LogP contribution in [0.2, 0.25) is 0 Å². The zero-order valence-electron chi connectivity index (χ0n) is 38.8. The summed E-state index contributed by atoms with van der Waals surface area (Å²) in [5, 5.41) is 22.9. The van der Waals surface area contributed by atoms with Crippen molar-refractivity contribution in [3.05, 3.63) is 261 Å².